The van der Waals surface area contributed by atoms with Crippen LogP contribution in [0.15, 0.2) is 24.3 Å². The smallest absolute Gasteiger partial charge is 0.303 e. The zero-order chi connectivity index (χ0) is 19.0. The maximum absolute atomic E-state index is 12.4. The van der Waals surface area contributed by atoms with Crippen LogP contribution in [-0.4, -0.2) is 46.3 Å². The van der Waals surface area contributed by atoms with Crippen LogP contribution in [0.5, 0.6) is 5.75 Å². The zero-order valence-electron chi connectivity index (χ0n) is 14.3. The van der Waals surface area contributed by atoms with Crippen LogP contribution in [0.4, 0.5) is 0 Å². The molecule has 25 heavy (non-hydrogen) atoms. The molecule has 2 amide bonds. The first-order valence-corrected chi connectivity index (χ1v) is 7.83. The summed E-state index contributed by atoms with van der Waals surface area (Å²) in [6, 6.07) is 4.73. The minimum atomic E-state index is -1.03. The molecule has 1 aromatic carbocycles. The lowest BCUT2D eigenvalue weighted by molar-refractivity contribution is -0.139. The Morgan fingerprint density at radius 1 is 1.16 bits per heavy atom. The summed E-state index contributed by atoms with van der Waals surface area (Å²) in [7, 11) is 0. The van der Waals surface area contributed by atoms with Crippen LogP contribution in [0, 0.1) is 5.41 Å². The number of carboxylic acids is 1. The Kier molecular flexibility index (Phi) is 7.38. The third-order valence-corrected chi connectivity index (χ3v) is 3.67. The number of phenolic OH excluding ortho intramolecular Hbond substituents is 1. The molecule has 1 rings (SSSR count). The van der Waals surface area contributed by atoms with Crippen LogP contribution in [0.3, 0.4) is 0 Å². The number of aliphatic hydroxyl groups excluding tert-OH is 1. The van der Waals surface area contributed by atoms with E-state index in [9.17, 15) is 19.5 Å². The highest BCUT2D eigenvalue weighted by atomic mass is 16.4. The summed E-state index contributed by atoms with van der Waals surface area (Å²) in [4.78, 5) is 34.7. The number of aliphatic hydroxyl groups is 1. The fourth-order valence-corrected chi connectivity index (χ4v) is 2.30. The highest BCUT2D eigenvalue weighted by molar-refractivity contribution is 5.89. The molecule has 0 saturated heterocycles. The summed E-state index contributed by atoms with van der Waals surface area (Å²) in [5, 5.41) is 32.1. The monoisotopic (exact) mass is 352 g/mol. The van der Waals surface area contributed by atoms with Crippen molar-refractivity contribution in [1.29, 1.82) is 0 Å². The Morgan fingerprint density at radius 3 is 2.28 bits per heavy atom. The topological polar surface area (TPSA) is 136 Å². The molecule has 0 fully saturated rings. The molecule has 8 nitrogen and oxygen atoms in total. The summed E-state index contributed by atoms with van der Waals surface area (Å²) < 4.78 is 0. The van der Waals surface area contributed by atoms with Gasteiger partial charge >= 0.3 is 5.97 Å². The van der Waals surface area contributed by atoms with E-state index in [2.05, 4.69) is 10.6 Å². The third kappa shape index (κ3) is 7.21. The average molecular weight is 352 g/mol. The number of benzene rings is 1. The summed E-state index contributed by atoms with van der Waals surface area (Å²) in [6.45, 7) is 3.06. The minimum absolute atomic E-state index is 0.0202. The summed E-state index contributed by atoms with van der Waals surface area (Å²) in [5.74, 6) is -2.08. The lowest BCUT2D eigenvalue weighted by Crippen LogP contribution is -2.42. The SMILES string of the molecule is CC(C)(CCNC(=O)[C@H](NC(=O)CO)c1ccc(O)cc1)CC(=O)O. The summed E-state index contributed by atoms with van der Waals surface area (Å²) in [6.07, 6.45) is 0.423. The van der Waals surface area contributed by atoms with Crippen molar-refractivity contribution in [2.45, 2.75) is 32.7 Å². The van der Waals surface area contributed by atoms with Gasteiger partial charge in [-0.15, -0.1) is 0 Å². The van der Waals surface area contributed by atoms with Crippen molar-refractivity contribution in [2.75, 3.05) is 13.2 Å². The number of aromatic hydroxyl groups is 1. The number of nitrogens with one attached hydrogen (secondary N) is 2. The molecule has 1 atom stereocenters. The maximum Gasteiger partial charge on any atom is 0.303 e. The summed E-state index contributed by atoms with van der Waals surface area (Å²) >= 11 is 0. The number of hydrogen-bond acceptors (Lipinski definition) is 5. The second-order valence-electron chi connectivity index (χ2n) is 6.53. The minimum Gasteiger partial charge on any atom is -0.508 e. The molecule has 5 N–H and O–H groups in total. The first-order valence-electron chi connectivity index (χ1n) is 7.83. The van der Waals surface area contributed by atoms with Crippen molar-refractivity contribution in [3.63, 3.8) is 0 Å². The van der Waals surface area contributed by atoms with E-state index >= 15 is 0 Å². The third-order valence-electron chi connectivity index (χ3n) is 3.67. The predicted octanol–water partition coefficient (Wildman–Crippen LogP) is 0.549. The van der Waals surface area contributed by atoms with Gasteiger partial charge in [0.05, 0.1) is 6.42 Å². The zero-order valence-corrected chi connectivity index (χ0v) is 14.3. The van der Waals surface area contributed by atoms with Gasteiger partial charge in [0.1, 0.15) is 18.4 Å². The maximum atomic E-state index is 12.4. The van der Waals surface area contributed by atoms with Gasteiger partial charge in [-0.1, -0.05) is 26.0 Å². The molecule has 0 aliphatic rings. The van der Waals surface area contributed by atoms with Crippen molar-refractivity contribution in [1.82, 2.24) is 10.6 Å². The lowest BCUT2D eigenvalue weighted by Gasteiger charge is -2.24. The Hall–Kier alpha value is -2.61. The highest BCUT2D eigenvalue weighted by Gasteiger charge is 2.25. The average Bonchev–Trinajstić information content (AvgIpc) is 2.51. The number of carbonyl (C=O) groups is 3. The van der Waals surface area contributed by atoms with Gasteiger partial charge in [0, 0.05) is 6.54 Å². The molecular formula is C17H24N2O6. The van der Waals surface area contributed by atoms with Gasteiger partial charge in [-0.25, -0.2) is 0 Å². The van der Waals surface area contributed by atoms with Crippen molar-refractivity contribution in [3.05, 3.63) is 29.8 Å². The standard InChI is InChI=1S/C17H24N2O6/c1-17(2,9-14(23)24)7-8-18-16(25)15(19-13(22)10-20)11-3-5-12(21)6-4-11/h3-6,15,20-21H,7-10H2,1-2H3,(H,18,25)(H,19,22)(H,23,24)/t15-/m1/s1. The number of aliphatic carboxylic acids is 1. The van der Waals surface area contributed by atoms with Gasteiger partial charge in [-0.05, 0) is 29.5 Å². The van der Waals surface area contributed by atoms with Crippen molar-refractivity contribution < 1.29 is 29.7 Å². The van der Waals surface area contributed by atoms with Gasteiger partial charge in [0.15, 0.2) is 0 Å². The number of hydrogen-bond donors (Lipinski definition) is 5. The molecule has 0 saturated carbocycles. The van der Waals surface area contributed by atoms with Crippen LogP contribution in [0.1, 0.15) is 38.3 Å². The van der Waals surface area contributed by atoms with Crippen molar-refractivity contribution >= 4 is 17.8 Å². The highest BCUT2D eigenvalue weighted by Crippen LogP contribution is 2.24. The Balaban J connectivity index is 2.74. The van der Waals surface area contributed by atoms with Gasteiger partial charge < -0.3 is 26.0 Å². The normalized spacial score (nSPS) is 12.3. The van der Waals surface area contributed by atoms with E-state index in [0.29, 0.717) is 12.0 Å². The molecular weight excluding hydrogens is 328 g/mol. The van der Waals surface area contributed by atoms with Crippen molar-refractivity contribution in [3.8, 4) is 5.75 Å². The van der Waals surface area contributed by atoms with E-state index in [1.807, 2.05) is 0 Å². The van der Waals surface area contributed by atoms with Gasteiger partial charge in [-0.3, -0.25) is 14.4 Å². The molecule has 138 valence electrons. The molecule has 0 unspecified atom stereocenters. The first kappa shape index (κ1) is 20.4. The lowest BCUT2D eigenvalue weighted by atomic mass is 9.86. The number of carbonyl (C=O) groups excluding carboxylic acids is 2. The number of phenols is 1. The number of amides is 2. The van der Waals surface area contributed by atoms with Crippen molar-refractivity contribution in [2.24, 2.45) is 5.41 Å². The molecule has 1 aromatic rings. The van der Waals surface area contributed by atoms with E-state index in [1.54, 1.807) is 13.8 Å². The van der Waals surface area contributed by atoms with E-state index in [4.69, 9.17) is 10.2 Å². The Bertz CT molecular complexity index is 612. The van der Waals surface area contributed by atoms with E-state index in [0.717, 1.165) is 0 Å². The van der Waals surface area contributed by atoms with Gasteiger partial charge in [0.25, 0.3) is 0 Å². The fourth-order valence-electron chi connectivity index (χ4n) is 2.30. The molecule has 0 aliphatic carbocycles. The molecule has 0 aromatic heterocycles. The van der Waals surface area contributed by atoms with Gasteiger partial charge in [-0.2, -0.15) is 0 Å². The second kappa shape index (κ2) is 9.03. The summed E-state index contributed by atoms with van der Waals surface area (Å²) in [5.41, 5.74) is -0.0384. The molecule has 0 aliphatic heterocycles. The predicted molar refractivity (Wildman–Crippen MR) is 89.7 cm³/mol. The molecule has 0 spiro atoms. The quantitative estimate of drug-likeness (QED) is 0.440. The largest absolute Gasteiger partial charge is 0.508 e. The molecule has 0 heterocycles. The van der Waals surface area contributed by atoms with Crippen LogP contribution >= 0.6 is 0 Å². The number of carboxylic acid groups (broad SMARTS) is 1. The Morgan fingerprint density at radius 2 is 1.76 bits per heavy atom. The van der Waals surface area contributed by atoms with Gasteiger partial charge in [0.2, 0.25) is 11.8 Å². The van der Waals surface area contributed by atoms with Crippen LogP contribution in [-0.2, 0) is 14.4 Å². The first-order chi connectivity index (χ1) is 11.6. The van der Waals surface area contributed by atoms with Crippen LogP contribution in [0.2, 0.25) is 0 Å². The van der Waals surface area contributed by atoms with E-state index < -0.39 is 35.8 Å². The number of rotatable bonds is 9. The van der Waals surface area contributed by atoms with E-state index in [1.165, 1.54) is 24.3 Å². The molecule has 0 bridgehead atoms. The second-order valence-corrected chi connectivity index (χ2v) is 6.53. The fraction of sp³-hybridized carbons (Fsp3) is 0.471. The van der Waals surface area contributed by atoms with Crippen LogP contribution < -0.4 is 10.6 Å². The molecule has 8 heteroatoms. The van der Waals surface area contributed by atoms with E-state index in [-0.39, 0.29) is 18.7 Å². The van der Waals surface area contributed by atoms with Crippen LogP contribution in [0.25, 0.3) is 0 Å². The molecule has 0 radical (unpaired) electrons. The Labute approximate surface area is 145 Å².